The Morgan fingerprint density at radius 2 is 2.12 bits per heavy atom. The average molecular weight is 144 g/mol. The second-order valence-electron chi connectivity index (χ2n) is 2.05. The molecule has 3 heteroatoms. The van der Waals surface area contributed by atoms with Crippen LogP contribution in [0.3, 0.4) is 0 Å². The van der Waals surface area contributed by atoms with Gasteiger partial charge in [0.05, 0.1) is 0 Å². The number of rotatable bonds is 4. The van der Waals surface area contributed by atoms with Gasteiger partial charge >= 0.3 is 0 Å². The van der Waals surface area contributed by atoms with Crippen molar-refractivity contribution in [2.24, 2.45) is 0 Å². The second-order valence-corrected chi connectivity index (χ2v) is 8.41. The molecule has 0 aromatic carbocycles. The highest BCUT2D eigenvalue weighted by molar-refractivity contribution is 7.10. The lowest BCUT2D eigenvalue weighted by Gasteiger charge is -2.00. The molecule has 0 atom stereocenters. The molecular formula is C5H14NSi2. The molecule has 1 N–H and O–H groups in total. The maximum atomic E-state index is 3.41. The van der Waals surface area contributed by atoms with Crippen molar-refractivity contribution in [1.82, 2.24) is 4.98 Å². The van der Waals surface area contributed by atoms with Crippen LogP contribution < -0.4 is 4.98 Å². The Bertz CT molecular complexity index is 47.7. The standard InChI is InChI=1S/C5H14NSi2/c1-4-5-6-7-8(2)3/h6H,4-5H2,1-3H3. The van der Waals surface area contributed by atoms with E-state index < -0.39 is 0 Å². The van der Waals surface area contributed by atoms with Crippen molar-refractivity contribution in [3.63, 3.8) is 0 Å². The third kappa shape index (κ3) is 6.39. The molecule has 0 unspecified atom stereocenters. The van der Waals surface area contributed by atoms with Crippen LogP contribution in [0.4, 0.5) is 0 Å². The van der Waals surface area contributed by atoms with Crippen molar-refractivity contribution in [3.8, 4) is 0 Å². The zero-order chi connectivity index (χ0) is 6.41. The van der Waals surface area contributed by atoms with E-state index in [0.29, 0.717) is 0 Å². The molecule has 8 heavy (non-hydrogen) atoms. The molecule has 0 saturated carbocycles. The molecule has 0 rings (SSSR count). The molecule has 47 valence electrons. The van der Waals surface area contributed by atoms with E-state index in [-0.39, 0.29) is 8.31 Å². The lowest BCUT2D eigenvalue weighted by molar-refractivity contribution is 0.865. The van der Waals surface area contributed by atoms with Gasteiger partial charge in [0.25, 0.3) is 0 Å². The van der Waals surface area contributed by atoms with E-state index >= 15 is 0 Å². The molecule has 0 heterocycles. The number of hydrogen-bond donors (Lipinski definition) is 1. The van der Waals surface area contributed by atoms with Gasteiger partial charge in [0.1, 0.15) is 9.20 Å². The summed E-state index contributed by atoms with van der Waals surface area (Å²) in [4.78, 5) is 3.41. The molecule has 1 nitrogen and oxygen atoms in total. The van der Waals surface area contributed by atoms with Crippen molar-refractivity contribution < 1.29 is 0 Å². The second kappa shape index (κ2) is 5.53. The zero-order valence-corrected chi connectivity index (χ0v) is 7.91. The van der Waals surface area contributed by atoms with Crippen LogP contribution in [-0.2, 0) is 0 Å². The van der Waals surface area contributed by atoms with Gasteiger partial charge in [-0.1, -0.05) is 20.0 Å². The fourth-order valence-corrected chi connectivity index (χ4v) is 2.53. The Morgan fingerprint density at radius 3 is 2.50 bits per heavy atom. The normalized spacial score (nSPS) is 10.5. The summed E-state index contributed by atoms with van der Waals surface area (Å²) in [5.41, 5.74) is 0. The predicted molar refractivity (Wildman–Crippen MR) is 41.5 cm³/mol. The third-order valence-corrected chi connectivity index (χ3v) is 3.67. The summed E-state index contributed by atoms with van der Waals surface area (Å²) < 4.78 is 0. The predicted octanol–water partition coefficient (Wildman–Crippen LogP) is 0.856. The highest BCUT2D eigenvalue weighted by atomic mass is 29.2. The lowest BCUT2D eigenvalue weighted by atomic mass is 10.5. The Balaban J connectivity index is 2.72. The maximum Gasteiger partial charge on any atom is 0.120 e. The van der Waals surface area contributed by atoms with Gasteiger partial charge in [0, 0.05) is 8.31 Å². The van der Waals surface area contributed by atoms with Crippen molar-refractivity contribution >= 4 is 17.5 Å². The molecule has 0 aromatic heterocycles. The minimum Gasteiger partial charge on any atom is -0.341 e. The molecule has 0 bridgehead atoms. The first-order chi connectivity index (χ1) is 3.77. The molecule has 0 saturated heterocycles. The molecule has 0 aromatic rings. The quantitative estimate of drug-likeness (QED) is 0.456. The molecule has 0 fully saturated rings. The van der Waals surface area contributed by atoms with Crippen molar-refractivity contribution in [2.75, 3.05) is 6.54 Å². The van der Waals surface area contributed by atoms with Gasteiger partial charge in [0.15, 0.2) is 0 Å². The van der Waals surface area contributed by atoms with E-state index in [1.54, 1.807) is 0 Å². The molecule has 0 spiro atoms. The Kier molecular flexibility index (Phi) is 5.80. The van der Waals surface area contributed by atoms with Crippen LogP contribution in [0.2, 0.25) is 13.1 Å². The zero-order valence-electron chi connectivity index (χ0n) is 5.91. The van der Waals surface area contributed by atoms with Crippen molar-refractivity contribution in [1.29, 1.82) is 0 Å². The van der Waals surface area contributed by atoms with Crippen LogP contribution >= 0.6 is 0 Å². The summed E-state index contributed by atoms with van der Waals surface area (Å²) in [6.45, 7) is 8.08. The Morgan fingerprint density at radius 1 is 1.50 bits per heavy atom. The van der Waals surface area contributed by atoms with Crippen molar-refractivity contribution in [2.45, 2.75) is 26.4 Å². The largest absolute Gasteiger partial charge is 0.341 e. The van der Waals surface area contributed by atoms with E-state index in [9.17, 15) is 0 Å². The van der Waals surface area contributed by atoms with E-state index in [4.69, 9.17) is 0 Å². The summed E-state index contributed by atoms with van der Waals surface area (Å²) >= 11 is 0. The number of hydrogen-bond acceptors (Lipinski definition) is 1. The monoisotopic (exact) mass is 144 g/mol. The van der Waals surface area contributed by atoms with Crippen LogP contribution in [0.25, 0.3) is 0 Å². The number of nitrogens with one attached hydrogen (secondary N) is 1. The molecule has 0 aliphatic heterocycles. The summed E-state index contributed by atoms with van der Waals surface area (Å²) in [7, 11) is 1.06. The minimum atomic E-state index is 0.00957. The summed E-state index contributed by atoms with van der Waals surface area (Å²) in [5, 5.41) is 0. The van der Waals surface area contributed by atoms with Gasteiger partial charge in [-0.25, -0.2) is 0 Å². The Hall–Kier alpha value is 0.394. The SMILES string of the molecule is CCCN[Si][Si](C)C. The van der Waals surface area contributed by atoms with Crippen LogP contribution in [-0.4, -0.2) is 24.1 Å². The van der Waals surface area contributed by atoms with Crippen molar-refractivity contribution in [3.05, 3.63) is 0 Å². The Labute approximate surface area is 56.2 Å². The smallest absolute Gasteiger partial charge is 0.120 e. The van der Waals surface area contributed by atoms with Gasteiger partial charge in [0.2, 0.25) is 0 Å². The highest BCUT2D eigenvalue weighted by Crippen LogP contribution is 1.72. The molecule has 0 aliphatic rings. The first kappa shape index (κ1) is 8.39. The van der Waals surface area contributed by atoms with Gasteiger partial charge in [-0.15, -0.1) is 0 Å². The van der Waals surface area contributed by atoms with Gasteiger partial charge in [-0.2, -0.15) is 0 Å². The minimum absolute atomic E-state index is 0.00957. The van der Waals surface area contributed by atoms with Crippen LogP contribution in [0, 0.1) is 0 Å². The fraction of sp³-hybridized carbons (Fsp3) is 1.00. The van der Waals surface area contributed by atoms with E-state index in [0.717, 1.165) is 9.20 Å². The molecular weight excluding hydrogens is 130 g/mol. The third-order valence-electron chi connectivity index (χ3n) is 0.713. The van der Waals surface area contributed by atoms with E-state index in [2.05, 4.69) is 25.0 Å². The topological polar surface area (TPSA) is 12.0 Å². The fourth-order valence-electron chi connectivity index (χ4n) is 0.364. The summed E-state index contributed by atoms with van der Waals surface area (Å²) in [6.07, 6.45) is 1.27. The molecule has 3 radical (unpaired) electrons. The van der Waals surface area contributed by atoms with E-state index in [1.807, 2.05) is 0 Å². The van der Waals surface area contributed by atoms with Crippen LogP contribution in [0.1, 0.15) is 13.3 Å². The summed E-state index contributed by atoms with van der Waals surface area (Å²) in [6, 6.07) is 0. The van der Waals surface area contributed by atoms with E-state index in [1.165, 1.54) is 13.0 Å². The van der Waals surface area contributed by atoms with Crippen LogP contribution in [0.5, 0.6) is 0 Å². The first-order valence-electron chi connectivity index (χ1n) is 3.06. The molecule has 0 aliphatic carbocycles. The van der Waals surface area contributed by atoms with Crippen LogP contribution in [0.15, 0.2) is 0 Å². The summed E-state index contributed by atoms with van der Waals surface area (Å²) in [5.74, 6) is 0. The molecule has 0 amide bonds. The highest BCUT2D eigenvalue weighted by Gasteiger charge is 1.93. The first-order valence-corrected chi connectivity index (χ1v) is 7.56. The maximum absolute atomic E-state index is 3.41. The van der Waals surface area contributed by atoms with Gasteiger partial charge in [-0.05, 0) is 13.0 Å². The van der Waals surface area contributed by atoms with Gasteiger partial charge < -0.3 is 4.98 Å². The van der Waals surface area contributed by atoms with Gasteiger partial charge in [-0.3, -0.25) is 0 Å². The average Bonchev–Trinajstić information content (AvgIpc) is 1.66. The lowest BCUT2D eigenvalue weighted by Crippen LogP contribution is -2.30.